The Morgan fingerprint density at radius 3 is 2.93 bits per heavy atom. The fourth-order valence-electron chi connectivity index (χ4n) is 1.25. The maximum atomic E-state index is 10.8. The van der Waals surface area contributed by atoms with E-state index < -0.39 is 0 Å². The summed E-state index contributed by atoms with van der Waals surface area (Å²) >= 11 is 0. The molecule has 0 aromatic carbocycles. The minimum atomic E-state index is -0.201. The molecule has 3 N–H and O–H groups in total. The van der Waals surface area contributed by atoms with Gasteiger partial charge in [0, 0.05) is 12.4 Å². The molecular weight excluding hydrogens is 192 g/mol. The molecule has 1 heterocycles. The molecule has 0 aliphatic rings. The molecule has 0 aliphatic heterocycles. The summed E-state index contributed by atoms with van der Waals surface area (Å²) in [5.74, 6) is 0.627. The van der Waals surface area contributed by atoms with Gasteiger partial charge in [-0.15, -0.1) is 0 Å². The van der Waals surface area contributed by atoms with Crippen LogP contribution in [0.2, 0.25) is 0 Å². The fourth-order valence-corrected chi connectivity index (χ4v) is 1.25. The lowest BCUT2D eigenvalue weighted by molar-refractivity contribution is -0.108. The molecule has 0 amide bonds. The third-order valence-corrected chi connectivity index (χ3v) is 2.03. The molecule has 0 saturated carbocycles. The molecule has 82 valence electrons. The number of anilines is 1. The van der Waals surface area contributed by atoms with Gasteiger partial charge in [-0.1, -0.05) is 0 Å². The normalized spacial score (nSPS) is 12.1. The maximum absolute atomic E-state index is 10.8. The molecule has 0 unspecified atom stereocenters. The van der Waals surface area contributed by atoms with Crippen LogP contribution in [0.15, 0.2) is 18.6 Å². The van der Waals surface area contributed by atoms with E-state index in [-0.39, 0.29) is 6.04 Å². The number of hydrogen-bond acceptors (Lipinski definition) is 5. The van der Waals surface area contributed by atoms with Gasteiger partial charge in [-0.3, -0.25) is 4.98 Å². The van der Waals surface area contributed by atoms with Crippen LogP contribution in [-0.4, -0.2) is 28.8 Å². The van der Waals surface area contributed by atoms with Crippen molar-refractivity contribution in [1.82, 2.24) is 9.97 Å². The summed E-state index contributed by atoms with van der Waals surface area (Å²) in [6, 6.07) is -0.201. The van der Waals surface area contributed by atoms with E-state index in [4.69, 9.17) is 5.73 Å². The van der Waals surface area contributed by atoms with Gasteiger partial charge in [0.25, 0.3) is 0 Å². The van der Waals surface area contributed by atoms with Crippen molar-refractivity contribution in [2.24, 2.45) is 5.73 Å². The minimum absolute atomic E-state index is 0.201. The number of nitrogens with one attached hydrogen (secondary N) is 1. The summed E-state index contributed by atoms with van der Waals surface area (Å²) < 4.78 is 0. The van der Waals surface area contributed by atoms with Crippen molar-refractivity contribution < 1.29 is 4.79 Å². The molecule has 1 aromatic rings. The van der Waals surface area contributed by atoms with Crippen molar-refractivity contribution in [3.05, 3.63) is 18.6 Å². The molecule has 0 spiro atoms. The Morgan fingerprint density at radius 1 is 1.47 bits per heavy atom. The van der Waals surface area contributed by atoms with E-state index >= 15 is 0 Å². The summed E-state index contributed by atoms with van der Waals surface area (Å²) in [5.41, 5.74) is 5.38. The first-order chi connectivity index (χ1) is 7.36. The Bertz CT molecular complexity index is 278. The Morgan fingerprint density at radius 2 is 2.33 bits per heavy atom. The van der Waals surface area contributed by atoms with Gasteiger partial charge in [-0.2, -0.15) is 0 Å². The molecule has 5 heteroatoms. The van der Waals surface area contributed by atoms with E-state index in [2.05, 4.69) is 15.3 Å². The first-order valence-corrected chi connectivity index (χ1v) is 5.04. The van der Waals surface area contributed by atoms with Gasteiger partial charge in [-0.25, -0.2) is 4.98 Å². The van der Waals surface area contributed by atoms with E-state index in [0.717, 1.165) is 25.5 Å². The van der Waals surface area contributed by atoms with Crippen molar-refractivity contribution in [2.75, 3.05) is 11.9 Å². The number of nitrogens with zero attached hydrogens (tertiary/aromatic N) is 2. The maximum Gasteiger partial charge on any atom is 0.145 e. The third kappa shape index (κ3) is 4.51. The van der Waals surface area contributed by atoms with Gasteiger partial charge < -0.3 is 15.8 Å². The van der Waals surface area contributed by atoms with Crippen molar-refractivity contribution in [3.8, 4) is 0 Å². The Labute approximate surface area is 89.1 Å². The largest absolute Gasteiger partial charge is 0.359 e. The van der Waals surface area contributed by atoms with Crippen LogP contribution >= 0.6 is 0 Å². The molecule has 5 nitrogen and oxygen atoms in total. The molecule has 15 heavy (non-hydrogen) atoms. The van der Waals surface area contributed by atoms with Gasteiger partial charge >= 0.3 is 0 Å². The summed E-state index contributed by atoms with van der Waals surface area (Å²) in [4.78, 5) is 18.7. The molecular formula is C10H16N4O. The van der Waals surface area contributed by atoms with Crippen molar-refractivity contribution in [1.29, 1.82) is 0 Å². The zero-order valence-electron chi connectivity index (χ0n) is 8.60. The van der Waals surface area contributed by atoms with Gasteiger partial charge in [-0.05, 0) is 25.8 Å². The fraction of sp³-hybridized carbons (Fsp3) is 0.500. The van der Waals surface area contributed by atoms with Gasteiger partial charge in [0.15, 0.2) is 0 Å². The Kier molecular flexibility index (Phi) is 5.32. The first kappa shape index (κ1) is 11.6. The molecule has 0 bridgehead atoms. The average molecular weight is 208 g/mol. The Balaban J connectivity index is 2.37. The second-order valence-electron chi connectivity index (χ2n) is 3.26. The quantitative estimate of drug-likeness (QED) is 0.506. The van der Waals surface area contributed by atoms with Crippen LogP contribution in [-0.2, 0) is 4.79 Å². The number of aldehydes is 1. The molecule has 1 rings (SSSR count). The highest BCUT2D eigenvalue weighted by molar-refractivity contribution is 5.62. The number of unbranched alkanes of at least 4 members (excludes halogenated alkanes) is 1. The highest BCUT2D eigenvalue weighted by Crippen LogP contribution is 2.05. The Hall–Kier alpha value is -1.49. The topological polar surface area (TPSA) is 80.9 Å². The van der Waals surface area contributed by atoms with E-state index in [9.17, 15) is 4.79 Å². The number of hydrogen-bond donors (Lipinski definition) is 2. The van der Waals surface area contributed by atoms with Gasteiger partial charge in [0.05, 0.1) is 12.2 Å². The molecule has 0 radical (unpaired) electrons. The van der Waals surface area contributed by atoms with Crippen molar-refractivity contribution in [2.45, 2.75) is 25.3 Å². The average Bonchev–Trinajstić information content (AvgIpc) is 2.29. The third-order valence-electron chi connectivity index (χ3n) is 2.03. The smallest absolute Gasteiger partial charge is 0.145 e. The summed E-state index contributed by atoms with van der Waals surface area (Å²) in [5, 5.41) is 3.01. The van der Waals surface area contributed by atoms with E-state index in [0.29, 0.717) is 12.4 Å². The summed E-state index contributed by atoms with van der Waals surface area (Å²) in [6.45, 7) is 0.663. The second-order valence-corrected chi connectivity index (χ2v) is 3.26. The highest BCUT2D eigenvalue weighted by atomic mass is 16.1. The SMILES string of the molecule is NCCCC[C@H](C=O)Nc1cnccn1. The van der Waals surface area contributed by atoms with Crippen LogP contribution in [0.5, 0.6) is 0 Å². The predicted octanol–water partition coefficient (Wildman–Crippen LogP) is 0.585. The van der Waals surface area contributed by atoms with E-state index in [1.165, 1.54) is 0 Å². The van der Waals surface area contributed by atoms with Crippen LogP contribution in [0, 0.1) is 0 Å². The molecule has 0 saturated heterocycles. The zero-order chi connectivity index (χ0) is 10.9. The van der Waals surface area contributed by atoms with Gasteiger partial charge in [0.2, 0.25) is 0 Å². The number of carbonyl (C=O) groups excluding carboxylic acids is 1. The zero-order valence-corrected chi connectivity index (χ0v) is 8.60. The van der Waals surface area contributed by atoms with E-state index in [1.807, 2.05) is 0 Å². The monoisotopic (exact) mass is 208 g/mol. The summed E-state index contributed by atoms with van der Waals surface area (Å²) in [7, 11) is 0. The molecule has 0 aliphatic carbocycles. The lowest BCUT2D eigenvalue weighted by atomic mass is 10.1. The van der Waals surface area contributed by atoms with Gasteiger partial charge in [0.1, 0.15) is 12.1 Å². The molecule has 0 fully saturated rings. The van der Waals surface area contributed by atoms with Crippen LogP contribution in [0.1, 0.15) is 19.3 Å². The van der Waals surface area contributed by atoms with Crippen molar-refractivity contribution >= 4 is 12.1 Å². The molecule has 1 atom stereocenters. The first-order valence-electron chi connectivity index (χ1n) is 5.04. The summed E-state index contributed by atoms with van der Waals surface area (Å²) in [6.07, 6.45) is 8.32. The standard InChI is InChI=1S/C10H16N4O/c11-4-2-1-3-9(8-15)14-10-7-12-5-6-13-10/h5-9H,1-4,11H2,(H,13,14)/t9-/m1/s1. The number of rotatable bonds is 7. The number of aromatic nitrogens is 2. The van der Waals surface area contributed by atoms with Crippen molar-refractivity contribution in [3.63, 3.8) is 0 Å². The minimum Gasteiger partial charge on any atom is -0.359 e. The predicted molar refractivity (Wildman–Crippen MR) is 58.4 cm³/mol. The lowest BCUT2D eigenvalue weighted by Gasteiger charge is -2.12. The van der Waals surface area contributed by atoms with E-state index in [1.54, 1.807) is 18.6 Å². The second kappa shape index (κ2) is 6.89. The highest BCUT2D eigenvalue weighted by Gasteiger charge is 2.06. The number of carbonyl (C=O) groups is 1. The van der Waals surface area contributed by atoms with Crippen LogP contribution < -0.4 is 11.1 Å². The van der Waals surface area contributed by atoms with Crippen LogP contribution in [0.3, 0.4) is 0 Å². The van der Waals surface area contributed by atoms with Crippen LogP contribution in [0.4, 0.5) is 5.82 Å². The number of nitrogens with two attached hydrogens (primary N) is 1. The van der Waals surface area contributed by atoms with Crippen LogP contribution in [0.25, 0.3) is 0 Å². The molecule has 1 aromatic heterocycles. The lowest BCUT2D eigenvalue weighted by Crippen LogP contribution is -2.22.